The summed E-state index contributed by atoms with van der Waals surface area (Å²) in [7, 11) is 0. The molecule has 5 heteroatoms. The van der Waals surface area contributed by atoms with Crippen LogP contribution in [-0.4, -0.2) is 35.7 Å². The van der Waals surface area contributed by atoms with Gasteiger partial charge >= 0.3 is 0 Å². The lowest BCUT2D eigenvalue weighted by atomic mass is 9.83. The summed E-state index contributed by atoms with van der Waals surface area (Å²) in [6, 6.07) is 0. The molecule has 1 aliphatic rings. The van der Waals surface area contributed by atoms with Crippen molar-refractivity contribution in [1.82, 2.24) is 20.8 Å². The molecule has 5 nitrogen and oxygen atoms in total. The predicted molar refractivity (Wildman–Crippen MR) is 74.9 cm³/mol. The van der Waals surface area contributed by atoms with Crippen LogP contribution in [0, 0.1) is 12.3 Å². The van der Waals surface area contributed by atoms with Crippen LogP contribution in [0.15, 0.2) is 6.20 Å². The van der Waals surface area contributed by atoms with Gasteiger partial charge in [-0.2, -0.15) is 5.10 Å². The quantitative estimate of drug-likeness (QED) is 0.675. The molecule has 1 amide bonds. The third kappa shape index (κ3) is 3.15. The average Bonchev–Trinajstić information content (AvgIpc) is 3.04. The highest BCUT2D eigenvalue weighted by Gasteiger charge is 2.38. The van der Waals surface area contributed by atoms with Crippen LogP contribution in [0.2, 0.25) is 0 Å². The van der Waals surface area contributed by atoms with Crippen molar-refractivity contribution in [2.24, 2.45) is 5.41 Å². The topological polar surface area (TPSA) is 69.8 Å². The predicted octanol–water partition coefficient (Wildman–Crippen LogP) is 1.16. The van der Waals surface area contributed by atoms with Crippen LogP contribution in [-0.2, 0) is 11.2 Å². The van der Waals surface area contributed by atoms with Gasteiger partial charge in [0.25, 0.3) is 0 Å². The molecule has 1 fully saturated rings. The van der Waals surface area contributed by atoms with Gasteiger partial charge in [0.2, 0.25) is 5.91 Å². The number of nitrogens with one attached hydrogen (secondary N) is 3. The maximum absolute atomic E-state index is 12.3. The van der Waals surface area contributed by atoms with Gasteiger partial charge < -0.3 is 10.6 Å². The van der Waals surface area contributed by atoms with Crippen molar-refractivity contribution in [3.63, 3.8) is 0 Å². The summed E-state index contributed by atoms with van der Waals surface area (Å²) in [6.07, 6.45) is 5.65. The lowest BCUT2D eigenvalue weighted by molar-refractivity contribution is -0.130. The molecule has 1 aliphatic heterocycles. The number of H-pyrrole nitrogens is 1. The number of nitrogens with zero attached hydrogens (tertiary/aromatic N) is 1. The van der Waals surface area contributed by atoms with Gasteiger partial charge in [0.15, 0.2) is 0 Å². The number of aromatic nitrogens is 2. The van der Waals surface area contributed by atoms with Crippen LogP contribution >= 0.6 is 0 Å². The summed E-state index contributed by atoms with van der Waals surface area (Å²) in [6.45, 7) is 6.63. The van der Waals surface area contributed by atoms with E-state index in [4.69, 9.17) is 0 Å². The first kappa shape index (κ1) is 14.1. The zero-order valence-corrected chi connectivity index (χ0v) is 11.9. The molecule has 0 radical (unpaired) electrons. The molecule has 0 aromatic carbocycles. The Bertz CT molecular complexity index is 421. The van der Waals surface area contributed by atoms with Gasteiger partial charge in [0.05, 0.1) is 11.6 Å². The van der Waals surface area contributed by atoms with Crippen molar-refractivity contribution in [2.75, 3.05) is 19.6 Å². The summed E-state index contributed by atoms with van der Waals surface area (Å²) in [5.74, 6) is 0.212. The standard InChI is InChI=1S/C14H24N4O/c1-3-14(6-8-15-10-14)13(19)16-7-4-5-12-9-17-18-11(12)2/h9,15H,3-8,10H2,1-2H3,(H,16,19)(H,17,18). The molecule has 0 aliphatic carbocycles. The lowest BCUT2D eigenvalue weighted by Gasteiger charge is -2.25. The van der Waals surface area contributed by atoms with Gasteiger partial charge in [0.1, 0.15) is 0 Å². The maximum atomic E-state index is 12.3. The monoisotopic (exact) mass is 264 g/mol. The number of aryl methyl sites for hydroxylation is 2. The molecule has 1 unspecified atom stereocenters. The van der Waals surface area contributed by atoms with E-state index in [1.807, 2.05) is 13.1 Å². The Hall–Kier alpha value is -1.36. The lowest BCUT2D eigenvalue weighted by Crippen LogP contribution is -2.42. The summed E-state index contributed by atoms with van der Waals surface area (Å²) in [5, 5.41) is 13.3. The Kier molecular flexibility index (Phi) is 4.58. The van der Waals surface area contributed by atoms with E-state index < -0.39 is 0 Å². The molecule has 0 bridgehead atoms. The fourth-order valence-corrected chi connectivity index (χ4v) is 2.70. The van der Waals surface area contributed by atoms with Crippen molar-refractivity contribution < 1.29 is 4.79 Å². The third-order valence-electron chi connectivity index (χ3n) is 4.24. The second-order valence-electron chi connectivity index (χ2n) is 5.44. The van der Waals surface area contributed by atoms with Gasteiger partial charge in [-0.3, -0.25) is 9.89 Å². The molecular weight excluding hydrogens is 240 g/mol. The number of hydrogen-bond acceptors (Lipinski definition) is 3. The van der Waals surface area contributed by atoms with Crippen molar-refractivity contribution in [3.8, 4) is 0 Å². The number of carbonyl (C=O) groups is 1. The van der Waals surface area contributed by atoms with Crippen LogP contribution in [0.1, 0.15) is 37.4 Å². The van der Waals surface area contributed by atoms with Crippen LogP contribution in [0.3, 0.4) is 0 Å². The molecule has 0 saturated carbocycles. The summed E-state index contributed by atoms with van der Waals surface area (Å²) < 4.78 is 0. The molecule has 1 aromatic rings. The number of carbonyl (C=O) groups excluding carboxylic acids is 1. The van der Waals surface area contributed by atoms with Crippen LogP contribution in [0.25, 0.3) is 0 Å². The largest absolute Gasteiger partial charge is 0.356 e. The van der Waals surface area contributed by atoms with Gasteiger partial charge in [-0.05, 0) is 44.7 Å². The highest BCUT2D eigenvalue weighted by atomic mass is 16.2. The SMILES string of the molecule is CCC1(C(=O)NCCCc2cn[nH]c2C)CCNC1. The molecule has 0 spiro atoms. The fraction of sp³-hybridized carbons (Fsp3) is 0.714. The van der Waals surface area contributed by atoms with E-state index in [0.29, 0.717) is 0 Å². The van der Waals surface area contributed by atoms with Crippen molar-refractivity contribution >= 4 is 5.91 Å². The molecule has 2 heterocycles. The normalized spacial score (nSPS) is 22.6. The van der Waals surface area contributed by atoms with Crippen molar-refractivity contribution in [2.45, 2.75) is 39.5 Å². The van der Waals surface area contributed by atoms with E-state index in [9.17, 15) is 4.79 Å². The van der Waals surface area contributed by atoms with Crippen molar-refractivity contribution in [1.29, 1.82) is 0 Å². The molecule has 19 heavy (non-hydrogen) atoms. The molecule has 1 aromatic heterocycles. The Balaban J connectivity index is 1.73. The first-order valence-corrected chi connectivity index (χ1v) is 7.16. The second kappa shape index (κ2) is 6.19. The average molecular weight is 264 g/mol. The molecule has 2 rings (SSSR count). The van der Waals surface area contributed by atoms with E-state index in [0.717, 1.165) is 51.0 Å². The van der Waals surface area contributed by atoms with Gasteiger partial charge in [-0.1, -0.05) is 6.92 Å². The Morgan fingerprint density at radius 1 is 1.58 bits per heavy atom. The summed E-state index contributed by atoms with van der Waals surface area (Å²) >= 11 is 0. The Morgan fingerprint density at radius 2 is 2.42 bits per heavy atom. The van der Waals surface area contributed by atoms with E-state index in [-0.39, 0.29) is 11.3 Å². The number of hydrogen-bond donors (Lipinski definition) is 3. The minimum Gasteiger partial charge on any atom is -0.356 e. The maximum Gasteiger partial charge on any atom is 0.227 e. The zero-order valence-electron chi connectivity index (χ0n) is 11.9. The molecule has 1 atom stereocenters. The molecule has 106 valence electrons. The Morgan fingerprint density at radius 3 is 3.00 bits per heavy atom. The number of amides is 1. The number of rotatable bonds is 6. The Labute approximate surface area is 114 Å². The summed E-state index contributed by atoms with van der Waals surface area (Å²) in [4.78, 5) is 12.3. The first-order valence-electron chi connectivity index (χ1n) is 7.16. The zero-order chi connectivity index (χ0) is 13.7. The van der Waals surface area contributed by atoms with E-state index in [1.54, 1.807) is 0 Å². The van der Waals surface area contributed by atoms with Crippen LogP contribution in [0.5, 0.6) is 0 Å². The fourth-order valence-electron chi connectivity index (χ4n) is 2.70. The van der Waals surface area contributed by atoms with E-state index in [2.05, 4.69) is 27.8 Å². The molecular formula is C14H24N4O. The second-order valence-corrected chi connectivity index (χ2v) is 5.44. The first-order chi connectivity index (χ1) is 9.18. The third-order valence-corrected chi connectivity index (χ3v) is 4.24. The minimum atomic E-state index is -0.175. The highest BCUT2D eigenvalue weighted by Crippen LogP contribution is 2.29. The van der Waals surface area contributed by atoms with Crippen molar-refractivity contribution in [3.05, 3.63) is 17.5 Å². The summed E-state index contributed by atoms with van der Waals surface area (Å²) in [5.41, 5.74) is 2.18. The van der Waals surface area contributed by atoms with E-state index in [1.165, 1.54) is 5.56 Å². The molecule has 1 saturated heterocycles. The van der Waals surface area contributed by atoms with Gasteiger partial charge in [-0.25, -0.2) is 0 Å². The highest BCUT2D eigenvalue weighted by molar-refractivity contribution is 5.83. The smallest absolute Gasteiger partial charge is 0.227 e. The minimum absolute atomic E-state index is 0.175. The number of aromatic amines is 1. The van der Waals surface area contributed by atoms with Gasteiger partial charge in [0, 0.05) is 18.8 Å². The van der Waals surface area contributed by atoms with Gasteiger partial charge in [-0.15, -0.1) is 0 Å². The molecule has 3 N–H and O–H groups in total. The van der Waals surface area contributed by atoms with E-state index >= 15 is 0 Å². The van der Waals surface area contributed by atoms with Crippen LogP contribution < -0.4 is 10.6 Å². The van der Waals surface area contributed by atoms with Crippen LogP contribution in [0.4, 0.5) is 0 Å².